The fourth-order valence-electron chi connectivity index (χ4n) is 2.47. The highest BCUT2D eigenvalue weighted by Gasteiger charge is 1.96. The van der Waals surface area contributed by atoms with Gasteiger partial charge in [0.05, 0.1) is 52.9 Å². The molecule has 6 nitrogen and oxygen atoms in total. The van der Waals surface area contributed by atoms with Crippen LogP contribution in [0.2, 0.25) is 0 Å². The lowest BCUT2D eigenvalue weighted by Gasteiger charge is -2.09. The van der Waals surface area contributed by atoms with Gasteiger partial charge in [-0.15, -0.1) is 0 Å². The van der Waals surface area contributed by atoms with Gasteiger partial charge in [0.1, 0.15) is 24.7 Å². The Balaban J connectivity index is 1.27. The molecule has 166 valence electrons. The Kier molecular flexibility index (Phi) is 12.6. The molecule has 0 N–H and O–H groups in total. The lowest BCUT2D eigenvalue weighted by molar-refractivity contribution is -0.00699. The van der Waals surface area contributed by atoms with Crippen molar-refractivity contribution in [1.29, 1.82) is 0 Å². The molecule has 0 aliphatic heterocycles. The van der Waals surface area contributed by atoms with E-state index < -0.39 is 0 Å². The minimum atomic E-state index is 0.530. The fourth-order valence-corrected chi connectivity index (χ4v) is 2.47. The smallest absolute Gasteiger partial charge is 0.119 e. The molecule has 0 saturated carbocycles. The van der Waals surface area contributed by atoms with Gasteiger partial charge >= 0.3 is 0 Å². The first-order valence-electron chi connectivity index (χ1n) is 10.4. The first kappa shape index (κ1) is 24.2. The molecule has 2 aromatic carbocycles. The van der Waals surface area contributed by atoms with Crippen molar-refractivity contribution in [2.24, 2.45) is 0 Å². The van der Waals surface area contributed by atoms with Crippen LogP contribution in [-0.2, 0) is 18.9 Å². The van der Waals surface area contributed by atoms with Crippen LogP contribution >= 0.6 is 0 Å². The van der Waals surface area contributed by atoms with Gasteiger partial charge in [-0.1, -0.05) is 35.4 Å². The molecule has 0 aliphatic carbocycles. The molecule has 0 saturated heterocycles. The number of hydrogen-bond donors (Lipinski definition) is 0. The van der Waals surface area contributed by atoms with Gasteiger partial charge in [-0.25, -0.2) is 0 Å². The van der Waals surface area contributed by atoms with Gasteiger partial charge in [0, 0.05) is 0 Å². The molecule has 0 bridgehead atoms. The van der Waals surface area contributed by atoms with Crippen LogP contribution < -0.4 is 9.47 Å². The van der Waals surface area contributed by atoms with E-state index in [1.165, 1.54) is 11.1 Å². The molecule has 0 unspecified atom stereocenters. The molecule has 0 radical (unpaired) electrons. The number of benzene rings is 2. The standard InChI is InChI=1S/C24H34O6/c1-21-3-7-23(8-4-21)29-19-17-27-15-13-25-11-12-26-14-16-28-18-20-30-24-9-5-22(2)6-10-24/h3-10H,11-20H2,1-2H3. The highest BCUT2D eigenvalue weighted by atomic mass is 16.6. The Morgan fingerprint density at radius 2 is 0.667 bits per heavy atom. The molecule has 0 spiro atoms. The van der Waals surface area contributed by atoms with E-state index in [9.17, 15) is 0 Å². The van der Waals surface area contributed by atoms with Crippen LogP contribution in [-0.4, -0.2) is 66.1 Å². The topological polar surface area (TPSA) is 55.4 Å². The van der Waals surface area contributed by atoms with Gasteiger partial charge < -0.3 is 28.4 Å². The van der Waals surface area contributed by atoms with E-state index >= 15 is 0 Å². The van der Waals surface area contributed by atoms with Gasteiger partial charge in [0.2, 0.25) is 0 Å². The van der Waals surface area contributed by atoms with Crippen LogP contribution in [0, 0.1) is 13.8 Å². The van der Waals surface area contributed by atoms with Crippen molar-refractivity contribution in [2.75, 3.05) is 66.1 Å². The third-order valence-electron chi connectivity index (χ3n) is 4.15. The van der Waals surface area contributed by atoms with E-state index in [2.05, 4.69) is 13.8 Å². The Bertz CT molecular complexity index is 597. The zero-order valence-corrected chi connectivity index (χ0v) is 18.1. The number of rotatable bonds is 17. The van der Waals surface area contributed by atoms with Crippen LogP contribution in [0.15, 0.2) is 48.5 Å². The third-order valence-corrected chi connectivity index (χ3v) is 4.15. The number of ether oxygens (including phenoxy) is 6. The number of aryl methyl sites for hydroxylation is 2. The van der Waals surface area contributed by atoms with E-state index in [0.29, 0.717) is 66.1 Å². The van der Waals surface area contributed by atoms with E-state index in [1.54, 1.807) is 0 Å². The summed E-state index contributed by atoms with van der Waals surface area (Å²) in [7, 11) is 0. The molecule has 0 amide bonds. The van der Waals surface area contributed by atoms with Crippen LogP contribution in [0.3, 0.4) is 0 Å². The first-order chi connectivity index (χ1) is 14.7. The van der Waals surface area contributed by atoms with Crippen molar-refractivity contribution in [3.8, 4) is 11.5 Å². The third kappa shape index (κ3) is 11.8. The summed E-state index contributed by atoms with van der Waals surface area (Å²) in [6, 6.07) is 16.0. The summed E-state index contributed by atoms with van der Waals surface area (Å²) in [6.45, 7) is 9.50. The largest absolute Gasteiger partial charge is 0.491 e. The van der Waals surface area contributed by atoms with Crippen LogP contribution in [0.25, 0.3) is 0 Å². The monoisotopic (exact) mass is 418 g/mol. The second-order valence-corrected chi connectivity index (χ2v) is 6.77. The van der Waals surface area contributed by atoms with Gasteiger partial charge in [-0.05, 0) is 38.1 Å². The number of hydrogen-bond acceptors (Lipinski definition) is 6. The van der Waals surface area contributed by atoms with Crippen molar-refractivity contribution in [1.82, 2.24) is 0 Å². The van der Waals surface area contributed by atoms with Gasteiger partial charge in [0.15, 0.2) is 0 Å². The fraction of sp³-hybridized carbons (Fsp3) is 0.500. The lowest BCUT2D eigenvalue weighted by Crippen LogP contribution is -2.14. The second kappa shape index (κ2) is 15.7. The average Bonchev–Trinajstić information content (AvgIpc) is 2.76. The predicted molar refractivity (Wildman–Crippen MR) is 117 cm³/mol. The Labute approximate surface area is 180 Å². The Morgan fingerprint density at radius 3 is 0.967 bits per heavy atom. The summed E-state index contributed by atoms with van der Waals surface area (Å²) in [4.78, 5) is 0. The van der Waals surface area contributed by atoms with Crippen molar-refractivity contribution in [2.45, 2.75) is 13.8 Å². The predicted octanol–water partition coefficient (Wildman–Crippen LogP) is 3.83. The summed E-state index contributed by atoms with van der Waals surface area (Å²) in [5.41, 5.74) is 2.44. The minimum Gasteiger partial charge on any atom is -0.491 e. The highest BCUT2D eigenvalue weighted by molar-refractivity contribution is 5.26. The highest BCUT2D eigenvalue weighted by Crippen LogP contribution is 2.11. The summed E-state index contributed by atoms with van der Waals surface area (Å²) < 4.78 is 33.1. The summed E-state index contributed by atoms with van der Waals surface area (Å²) in [5.74, 6) is 1.72. The first-order valence-corrected chi connectivity index (χ1v) is 10.4. The molecule has 0 aliphatic rings. The molecule has 30 heavy (non-hydrogen) atoms. The summed E-state index contributed by atoms with van der Waals surface area (Å²) in [5, 5.41) is 0. The van der Waals surface area contributed by atoms with Crippen molar-refractivity contribution < 1.29 is 28.4 Å². The molecule has 6 heteroatoms. The lowest BCUT2D eigenvalue weighted by atomic mass is 10.2. The normalized spacial score (nSPS) is 10.9. The average molecular weight is 419 g/mol. The summed E-state index contributed by atoms with van der Waals surface area (Å²) in [6.07, 6.45) is 0. The van der Waals surface area contributed by atoms with E-state index in [1.807, 2.05) is 48.5 Å². The van der Waals surface area contributed by atoms with Crippen molar-refractivity contribution in [3.05, 3.63) is 59.7 Å². The quantitative estimate of drug-likeness (QED) is 0.364. The van der Waals surface area contributed by atoms with Crippen molar-refractivity contribution >= 4 is 0 Å². The van der Waals surface area contributed by atoms with Gasteiger partial charge in [0.25, 0.3) is 0 Å². The minimum absolute atomic E-state index is 0.530. The van der Waals surface area contributed by atoms with Crippen LogP contribution in [0.5, 0.6) is 11.5 Å². The summed E-state index contributed by atoms with van der Waals surface area (Å²) >= 11 is 0. The van der Waals surface area contributed by atoms with E-state index in [-0.39, 0.29) is 0 Å². The second-order valence-electron chi connectivity index (χ2n) is 6.77. The molecule has 0 heterocycles. The molecule has 0 aromatic heterocycles. The van der Waals surface area contributed by atoms with Crippen LogP contribution in [0.1, 0.15) is 11.1 Å². The van der Waals surface area contributed by atoms with Gasteiger partial charge in [-0.3, -0.25) is 0 Å². The van der Waals surface area contributed by atoms with E-state index in [0.717, 1.165) is 11.5 Å². The van der Waals surface area contributed by atoms with Gasteiger partial charge in [-0.2, -0.15) is 0 Å². The Hall–Kier alpha value is -2.12. The SMILES string of the molecule is Cc1ccc(OCCOCCOCCOCCOCCOc2ccc(C)cc2)cc1. The molecule has 0 atom stereocenters. The zero-order valence-electron chi connectivity index (χ0n) is 18.1. The molecule has 2 aromatic rings. The van der Waals surface area contributed by atoms with E-state index in [4.69, 9.17) is 28.4 Å². The molecular weight excluding hydrogens is 384 g/mol. The maximum atomic E-state index is 5.59. The molecule has 0 fully saturated rings. The molecule has 2 rings (SSSR count). The maximum Gasteiger partial charge on any atom is 0.119 e. The Morgan fingerprint density at radius 1 is 0.400 bits per heavy atom. The molecular formula is C24H34O6. The van der Waals surface area contributed by atoms with Crippen molar-refractivity contribution in [3.63, 3.8) is 0 Å². The van der Waals surface area contributed by atoms with Crippen LogP contribution in [0.4, 0.5) is 0 Å². The maximum absolute atomic E-state index is 5.59. The zero-order chi connectivity index (χ0) is 21.3.